The number of carbonyl (C=O) groups is 2. The molecular formula is C18H27ClN2O3. The van der Waals surface area contributed by atoms with Crippen molar-refractivity contribution in [1.82, 2.24) is 5.32 Å². The predicted octanol–water partition coefficient (Wildman–Crippen LogP) is 2.74. The molecule has 1 atom stereocenters. The van der Waals surface area contributed by atoms with E-state index in [1.165, 1.54) is 13.5 Å². The van der Waals surface area contributed by atoms with Crippen molar-refractivity contribution in [3.05, 3.63) is 35.9 Å². The maximum Gasteiger partial charge on any atom is 0.333 e. The molecule has 0 aromatic heterocycles. The number of nitrogens with one attached hydrogen (secondary N) is 1. The molecule has 3 N–H and O–H groups in total. The average Bonchev–Trinajstić information content (AvgIpc) is 2.60. The Morgan fingerprint density at radius 3 is 2.38 bits per heavy atom. The van der Waals surface area contributed by atoms with Gasteiger partial charge in [-0.25, -0.2) is 4.79 Å². The lowest BCUT2D eigenvalue weighted by atomic mass is 9.71. The first-order chi connectivity index (χ1) is 11.1. The molecule has 134 valence electrons. The minimum absolute atomic E-state index is 0. The van der Waals surface area contributed by atoms with Crippen LogP contribution in [0.4, 0.5) is 0 Å². The van der Waals surface area contributed by atoms with Crippen molar-refractivity contribution in [3.8, 4) is 0 Å². The highest BCUT2D eigenvalue weighted by Gasteiger charge is 2.34. The highest BCUT2D eigenvalue weighted by Crippen LogP contribution is 2.38. The Morgan fingerprint density at radius 1 is 1.21 bits per heavy atom. The first kappa shape index (κ1) is 20.5. The second kappa shape index (κ2) is 9.64. The molecule has 1 aromatic rings. The number of carbonyl (C=O) groups excluding carboxylic acids is 2. The van der Waals surface area contributed by atoms with Crippen LogP contribution in [0.3, 0.4) is 0 Å². The van der Waals surface area contributed by atoms with E-state index in [0.717, 1.165) is 31.2 Å². The Balaban J connectivity index is 0.00000288. The summed E-state index contributed by atoms with van der Waals surface area (Å²) < 4.78 is 4.83. The normalized spacial score (nSPS) is 17.2. The molecule has 1 aliphatic carbocycles. The van der Waals surface area contributed by atoms with Gasteiger partial charge in [0.25, 0.3) is 0 Å². The van der Waals surface area contributed by atoms with Gasteiger partial charge in [-0.05, 0) is 30.4 Å². The molecule has 0 aliphatic heterocycles. The third-order valence-corrected chi connectivity index (χ3v) is 4.76. The van der Waals surface area contributed by atoms with Crippen LogP contribution in [-0.2, 0) is 14.3 Å². The van der Waals surface area contributed by atoms with Crippen LogP contribution < -0.4 is 11.1 Å². The van der Waals surface area contributed by atoms with Crippen molar-refractivity contribution in [1.29, 1.82) is 0 Å². The fraction of sp³-hybridized carbons (Fsp3) is 0.556. The maximum absolute atomic E-state index is 12.5. The predicted molar refractivity (Wildman–Crippen MR) is 95.8 cm³/mol. The van der Waals surface area contributed by atoms with Crippen LogP contribution in [-0.4, -0.2) is 25.5 Å². The van der Waals surface area contributed by atoms with Gasteiger partial charge in [-0.3, -0.25) is 4.79 Å². The van der Waals surface area contributed by atoms with Crippen LogP contribution in [0.5, 0.6) is 0 Å². The summed E-state index contributed by atoms with van der Waals surface area (Å²) in [5.41, 5.74) is 6.54. The van der Waals surface area contributed by atoms with Gasteiger partial charge in [0.1, 0.15) is 0 Å². The average molecular weight is 355 g/mol. The number of hydrogen-bond donors (Lipinski definition) is 2. The summed E-state index contributed by atoms with van der Waals surface area (Å²) in [6, 6.07) is 8.37. The van der Waals surface area contributed by atoms with Crippen molar-refractivity contribution in [3.63, 3.8) is 0 Å². The summed E-state index contributed by atoms with van der Waals surface area (Å²) in [5.74, 6) is -0.605. The van der Waals surface area contributed by atoms with Crippen LogP contribution in [0.1, 0.15) is 50.1 Å². The molecule has 2 rings (SSSR count). The number of esters is 1. The van der Waals surface area contributed by atoms with E-state index in [2.05, 4.69) is 5.32 Å². The van der Waals surface area contributed by atoms with E-state index in [-0.39, 0.29) is 23.7 Å². The first-order valence-corrected chi connectivity index (χ1v) is 8.22. The summed E-state index contributed by atoms with van der Waals surface area (Å²) in [6.45, 7) is 0.509. The fourth-order valence-electron chi connectivity index (χ4n) is 3.35. The fourth-order valence-corrected chi connectivity index (χ4v) is 3.35. The summed E-state index contributed by atoms with van der Waals surface area (Å²) in [5, 5.41) is 2.82. The molecule has 1 fully saturated rings. The summed E-state index contributed by atoms with van der Waals surface area (Å²) in [7, 11) is 1.33. The van der Waals surface area contributed by atoms with E-state index in [0.29, 0.717) is 13.0 Å². The molecule has 0 heterocycles. The Labute approximate surface area is 149 Å². The summed E-state index contributed by atoms with van der Waals surface area (Å²) in [4.78, 5) is 24.5. The third-order valence-electron chi connectivity index (χ3n) is 4.76. The SMILES string of the molecule is COC(=O)C(NC(=O)CC1(CN)CCCCC1)c1ccccc1.Cl. The van der Waals surface area contributed by atoms with Crippen molar-refractivity contribution in [2.45, 2.75) is 44.6 Å². The lowest BCUT2D eigenvalue weighted by Crippen LogP contribution is -2.41. The molecule has 1 amide bonds. The minimum atomic E-state index is -0.771. The van der Waals surface area contributed by atoms with Crippen LogP contribution in [0, 0.1) is 5.41 Å². The van der Waals surface area contributed by atoms with Gasteiger partial charge < -0.3 is 15.8 Å². The van der Waals surface area contributed by atoms with Crippen molar-refractivity contribution in [2.75, 3.05) is 13.7 Å². The summed E-state index contributed by atoms with van der Waals surface area (Å²) >= 11 is 0. The monoisotopic (exact) mass is 354 g/mol. The Hall–Kier alpha value is -1.59. The van der Waals surface area contributed by atoms with Crippen LogP contribution in [0.15, 0.2) is 30.3 Å². The lowest BCUT2D eigenvalue weighted by Gasteiger charge is -2.36. The van der Waals surface area contributed by atoms with E-state index in [4.69, 9.17) is 10.5 Å². The number of halogens is 1. The summed E-state index contributed by atoms with van der Waals surface area (Å²) in [6.07, 6.45) is 5.76. The Bertz CT molecular complexity index is 530. The topological polar surface area (TPSA) is 81.4 Å². The zero-order chi connectivity index (χ0) is 16.7. The van der Waals surface area contributed by atoms with E-state index < -0.39 is 12.0 Å². The smallest absolute Gasteiger partial charge is 0.333 e. The van der Waals surface area contributed by atoms with Crippen LogP contribution >= 0.6 is 12.4 Å². The number of nitrogens with two attached hydrogens (primary N) is 1. The van der Waals surface area contributed by atoms with Gasteiger partial charge in [0.2, 0.25) is 5.91 Å². The maximum atomic E-state index is 12.5. The molecule has 1 unspecified atom stereocenters. The molecular weight excluding hydrogens is 328 g/mol. The quantitative estimate of drug-likeness (QED) is 0.769. The van der Waals surface area contributed by atoms with Crippen LogP contribution in [0.25, 0.3) is 0 Å². The van der Waals surface area contributed by atoms with Gasteiger partial charge in [-0.1, -0.05) is 49.6 Å². The zero-order valence-electron chi connectivity index (χ0n) is 14.1. The van der Waals surface area contributed by atoms with Crippen molar-refractivity contribution in [2.24, 2.45) is 11.1 Å². The number of hydrogen-bond acceptors (Lipinski definition) is 4. The number of benzene rings is 1. The van der Waals surface area contributed by atoms with E-state index >= 15 is 0 Å². The second-order valence-corrected chi connectivity index (χ2v) is 6.38. The largest absolute Gasteiger partial charge is 0.467 e. The number of methoxy groups -OCH3 is 1. The van der Waals surface area contributed by atoms with Crippen LogP contribution in [0.2, 0.25) is 0 Å². The molecule has 6 heteroatoms. The van der Waals surface area contributed by atoms with Gasteiger partial charge in [-0.15, -0.1) is 12.4 Å². The highest BCUT2D eigenvalue weighted by atomic mass is 35.5. The molecule has 0 radical (unpaired) electrons. The molecule has 0 spiro atoms. The molecule has 0 bridgehead atoms. The standard InChI is InChI=1S/C18H26N2O3.ClH/c1-23-17(22)16(14-8-4-2-5-9-14)20-15(21)12-18(13-19)10-6-3-7-11-18;/h2,4-5,8-9,16H,3,6-7,10-13,19H2,1H3,(H,20,21);1H. The van der Waals surface area contributed by atoms with Gasteiger partial charge >= 0.3 is 5.97 Å². The van der Waals surface area contributed by atoms with E-state index in [9.17, 15) is 9.59 Å². The lowest BCUT2D eigenvalue weighted by molar-refractivity contribution is -0.145. The molecule has 24 heavy (non-hydrogen) atoms. The van der Waals surface area contributed by atoms with Gasteiger partial charge in [-0.2, -0.15) is 0 Å². The van der Waals surface area contributed by atoms with Gasteiger partial charge in [0.05, 0.1) is 7.11 Å². The third kappa shape index (κ3) is 5.21. The van der Waals surface area contributed by atoms with Gasteiger partial charge in [0, 0.05) is 6.42 Å². The highest BCUT2D eigenvalue weighted by molar-refractivity contribution is 5.86. The number of rotatable bonds is 6. The van der Waals surface area contributed by atoms with Crippen molar-refractivity contribution >= 4 is 24.3 Å². The van der Waals surface area contributed by atoms with Gasteiger partial charge in [0.15, 0.2) is 6.04 Å². The molecule has 1 aromatic carbocycles. The molecule has 1 aliphatic rings. The second-order valence-electron chi connectivity index (χ2n) is 6.38. The molecule has 1 saturated carbocycles. The Kier molecular flexibility index (Phi) is 8.22. The Morgan fingerprint density at radius 2 is 1.83 bits per heavy atom. The van der Waals surface area contributed by atoms with Crippen molar-refractivity contribution < 1.29 is 14.3 Å². The van der Waals surface area contributed by atoms with E-state index in [1.807, 2.05) is 18.2 Å². The zero-order valence-corrected chi connectivity index (χ0v) is 14.9. The minimum Gasteiger partial charge on any atom is -0.467 e. The number of amides is 1. The molecule has 5 nitrogen and oxygen atoms in total. The number of ether oxygens (including phenoxy) is 1. The molecule has 0 saturated heterocycles. The first-order valence-electron chi connectivity index (χ1n) is 8.22. The van der Waals surface area contributed by atoms with E-state index in [1.54, 1.807) is 12.1 Å².